The van der Waals surface area contributed by atoms with Gasteiger partial charge in [0.2, 0.25) is 5.91 Å². The molecule has 0 radical (unpaired) electrons. The third-order valence-electron chi connectivity index (χ3n) is 6.14. The van der Waals surface area contributed by atoms with Crippen molar-refractivity contribution in [3.63, 3.8) is 0 Å². The third-order valence-corrected chi connectivity index (χ3v) is 6.14. The van der Waals surface area contributed by atoms with Crippen molar-refractivity contribution in [3.8, 4) is 11.4 Å². The number of amides is 3. The molecule has 2 aromatic rings. The van der Waals surface area contributed by atoms with Gasteiger partial charge in [0, 0.05) is 42.9 Å². The number of nitrogens with zero attached hydrogens (tertiary/aromatic N) is 4. The number of anilines is 2. The van der Waals surface area contributed by atoms with Crippen molar-refractivity contribution >= 4 is 23.4 Å². The first-order valence-corrected chi connectivity index (χ1v) is 11.8. The van der Waals surface area contributed by atoms with Crippen LogP contribution in [0, 0.1) is 0 Å². The van der Waals surface area contributed by atoms with Crippen molar-refractivity contribution in [2.45, 2.75) is 39.3 Å². The minimum atomic E-state index is -0.379. The van der Waals surface area contributed by atoms with Gasteiger partial charge < -0.3 is 30.3 Å². The van der Waals surface area contributed by atoms with E-state index in [1.54, 1.807) is 12.1 Å². The fourth-order valence-electron chi connectivity index (χ4n) is 4.30. The summed E-state index contributed by atoms with van der Waals surface area (Å²) in [5, 5.41) is 14.1. The first kappa shape index (κ1) is 23.9. The second kappa shape index (κ2) is 10.8. The summed E-state index contributed by atoms with van der Waals surface area (Å²) in [4.78, 5) is 38.2. The van der Waals surface area contributed by atoms with Gasteiger partial charge in [-0.1, -0.05) is 6.92 Å². The molecular weight excluding hydrogens is 436 g/mol. The average molecular weight is 469 g/mol. The normalized spacial score (nSPS) is 17.8. The van der Waals surface area contributed by atoms with Gasteiger partial charge in [-0.2, -0.15) is 0 Å². The molecule has 182 valence electrons. The quantitative estimate of drug-likeness (QED) is 0.591. The molecule has 3 amide bonds. The number of fused-ring (bicyclic) bond motifs is 1. The van der Waals surface area contributed by atoms with Crippen LogP contribution in [0.25, 0.3) is 11.4 Å². The average Bonchev–Trinajstić information content (AvgIpc) is 2.86. The molecule has 0 unspecified atom stereocenters. The summed E-state index contributed by atoms with van der Waals surface area (Å²) in [6, 6.07) is 7.14. The van der Waals surface area contributed by atoms with Crippen LogP contribution in [0.4, 0.5) is 16.3 Å². The standard InChI is InChI=1S/C24H32N6O4/c1-3-21(32)29-10-8-19-20(14-29)27-22(28-23(19)30-11-13-34-15-16(30)2)17-4-6-18(7-5-17)26-24(33)25-9-12-31/h4-7,16,31H,3,8-15H2,1-2H3,(H2,25,26,33)/t16-/m0/s1. The molecule has 4 rings (SSSR count). The molecule has 10 heteroatoms. The van der Waals surface area contributed by atoms with Gasteiger partial charge in [-0.05, 0) is 37.6 Å². The topological polar surface area (TPSA) is 120 Å². The van der Waals surface area contributed by atoms with Gasteiger partial charge in [0.25, 0.3) is 0 Å². The van der Waals surface area contributed by atoms with Crippen LogP contribution >= 0.6 is 0 Å². The Bertz CT molecular complexity index is 1030. The zero-order valence-electron chi connectivity index (χ0n) is 19.7. The Balaban J connectivity index is 1.65. The Morgan fingerprint density at radius 2 is 2.00 bits per heavy atom. The highest BCUT2D eigenvalue weighted by atomic mass is 16.5. The van der Waals surface area contributed by atoms with E-state index in [1.165, 1.54) is 0 Å². The maximum absolute atomic E-state index is 12.4. The highest BCUT2D eigenvalue weighted by Crippen LogP contribution is 2.31. The number of carbonyl (C=O) groups excluding carboxylic acids is 2. The zero-order chi connectivity index (χ0) is 24.1. The van der Waals surface area contributed by atoms with Gasteiger partial charge in [0.05, 0.1) is 38.1 Å². The molecule has 0 spiro atoms. The molecular formula is C24H32N6O4. The van der Waals surface area contributed by atoms with Crippen molar-refractivity contribution in [1.82, 2.24) is 20.2 Å². The summed E-state index contributed by atoms with van der Waals surface area (Å²) in [5.74, 6) is 1.64. The third kappa shape index (κ3) is 5.28. The lowest BCUT2D eigenvalue weighted by Crippen LogP contribution is -2.45. The van der Waals surface area contributed by atoms with E-state index in [9.17, 15) is 9.59 Å². The van der Waals surface area contributed by atoms with Crippen molar-refractivity contribution < 1.29 is 19.4 Å². The van der Waals surface area contributed by atoms with E-state index >= 15 is 0 Å². The lowest BCUT2D eigenvalue weighted by atomic mass is 10.0. The molecule has 2 aliphatic rings. The van der Waals surface area contributed by atoms with E-state index in [1.807, 2.05) is 24.0 Å². The molecule has 34 heavy (non-hydrogen) atoms. The fraction of sp³-hybridized carbons (Fsp3) is 0.500. The lowest BCUT2D eigenvalue weighted by molar-refractivity contribution is -0.131. The van der Waals surface area contributed by atoms with Crippen molar-refractivity contribution in [2.24, 2.45) is 0 Å². The molecule has 3 heterocycles. The van der Waals surface area contributed by atoms with Crippen LogP contribution in [0.5, 0.6) is 0 Å². The molecule has 2 aliphatic heterocycles. The van der Waals surface area contributed by atoms with E-state index in [4.69, 9.17) is 19.8 Å². The number of carbonyl (C=O) groups is 2. The number of urea groups is 1. The first-order valence-electron chi connectivity index (χ1n) is 11.8. The van der Waals surface area contributed by atoms with Crippen LogP contribution in [0.15, 0.2) is 24.3 Å². The van der Waals surface area contributed by atoms with Gasteiger partial charge in [-0.15, -0.1) is 0 Å². The van der Waals surface area contributed by atoms with Crippen molar-refractivity contribution in [1.29, 1.82) is 0 Å². The number of morpholine rings is 1. The number of nitrogens with one attached hydrogen (secondary N) is 2. The minimum absolute atomic E-state index is 0.118. The zero-order valence-corrected chi connectivity index (χ0v) is 19.7. The Kier molecular flexibility index (Phi) is 7.59. The van der Waals surface area contributed by atoms with Crippen LogP contribution in [-0.2, 0) is 22.5 Å². The second-order valence-electron chi connectivity index (χ2n) is 8.51. The number of aromatic nitrogens is 2. The monoisotopic (exact) mass is 468 g/mol. The number of aliphatic hydroxyl groups is 1. The molecule has 0 saturated carbocycles. The molecule has 1 aromatic carbocycles. The number of hydrogen-bond donors (Lipinski definition) is 3. The molecule has 0 bridgehead atoms. The van der Waals surface area contributed by atoms with Gasteiger partial charge >= 0.3 is 6.03 Å². The molecule has 1 atom stereocenters. The Morgan fingerprint density at radius 1 is 1.21 bits per heavy atom. The Morgan fingerprint density at radius 3 is 2.71 bits per heavy atom. The molecule has 1 saturated heterocycles. The summed E-state index contributed by atoms with van der Waals surface area (Å²) in [6.07, 6.45) is 1.20. The summed E-state index contributed by atoms with van der Waals surface area (Å²) >= 11 is 0. The van der Waals surface area contributed by atoms with E-state index in [0.29, 0.717) is 44.2 Å². The van der Waals surface area contributed by atoms with E-state index in [-0.39, 0.29) is 31.1 Å². The predicted molar refractivity (Wildman–Crippen MR) is 129 cm³/mol. The molecule has 0 aliphatic carbocycles. The molecule has 1 fully saturated rings. The van der Waals surface area contributed by atoms with Crippen molar-refractivity contribution in [3.05, 3.63) is 35.5 Å². The Labute approximate surface area is 199 Å². The second-order valence-corrected chi connectivity index (χ2v) is 8.51. The van der Waals surface area contributed by atoms with Gasteiger partial charge in [-0.25, -0.2) is 14.8 Å². The highest BCUT2D eigenvalue weighted by Gasteiger charge is 2.30. The molecule has 1 aromatic heterocycles. The SMILES string of the molecule is CCC(=O)N1CCc2c(nc(-c3ccc(NC(=O)NCCO)cc3)nc2N2CCOC[C@@H]2C)C1. The van der Waals surface area contributed by atoms with Crippen LogP contribution < -0.4 is 15.5 Å². The number of aliphatic hydroxyl groups excluding tert-OH is 1. The predicted octanol–water partition coefficient (Wildman–Crippen LogP) is 1.78. The number of benzene rings is 1. The smallest absolute Gasteiger partial charge is 0.319 e. The summed E-state index contributed by atoms with van der Waals surface area (Å²) in [7, 11) is 0. The first-order chi connectivity index (χ1) is 16.5. The largest absolute Gasteiger partial charge is 0.395 e. The minimum Gasteiger partial charge on any atom is -0.395 e. The summed E-state index contributed by atoms with van der Waals surface area (Å²) in [5.41, 5.74) is 3.44. The van der Waals surface area contributed by atoms with E-state index in [0.717, 1.165) is 35.6 Å². The van der Waals surface area contributed by atoms with Gasteiger partial charge in [-0.3, -0.25) is 4.79 Å². The molecule has 10 nitrogen and oxygen atoms in total. The highest BCUT2D eigenvalue weighted by molar-refractivity contribution is 5.89. The number of hydrogen-bond acceptors (Lipinski definition) is 7. The van der Waals surface area contributed by atoms with Crippen LogP contribution in [0.2, 0.25) is 0 Å². The summed E-state index contributed by atoms with van der Waals surface area (Å²) in [6.45, 7) is 7.29. The maximum atomic E-state index is 12.4. The Hall–Kier alpha value is -3.24. The molecule has 3 N–H and O–H groups in total. The van der Waals surface area contributed by atoms with Gasteiger partial charge in [0.1, 0.15) is 5.82 Å². The number of rotatable bonds is 6. The van der Waals surface area contributed by atoms with Crippen LogP contribution in [0.3, 0.4) is 0 Å². The maximum Gasteiger partial charge on any atom is 0.319 e. The fourth-order valence-corrected chi connectivity index (χ4v) is 4.30. The van der Waals surface area contributed by atoms with Crippen LogP contribution in [-0.4, -0.2) is 77.4 Å². The van der Waals surface area contributed by atoms with Crippen molar-refractivity contribution in [2.75, 3.05) is 49.7 Å². The van der Waals surface area contributed by atoms with Gasteiger partial charge in [0.15, 0.2) is 5.82 Å². The summed E-state index contributed by atoms with van der Waals surface area (Å²) < 4.78 is 5.63. The van der Waals surface area contributed by atoms with E-state index in [2.05, 4.69) is 22.5 Å². The van der Waals surface area contributed by atoms with E-state index < -0.39 is 0 Å². The number of ether oxygens (including phenoxy) is 1. The van der Waals surface area contributed by atoms with Crippen LogP contribution in [0.1, 0.15) is 31.5 Å². The lowest BCUT2D eigenvalue weighted by Gasteiger charge is -2.37.